The zero-order valence-corrected chi connectivity index (χ0v) is 11.8. The van der Waals surface area contributed by atoms with Crippen molar-refractivity contribution in [2.24, 2.45) is 4.99 Å². The third-order valence-electron chi connectivity index (χ3n) is 2.39. The zero-order valence-electron chi connectivity index (χ0n) is 11.8. The Kier molecular flexibility index (Phi) is 4.97. The van der Waals surface area contributed by atoms with Crippen molar-refractivity contribution < 1.29 is 23.4 Å². The molecule has 22 heavy (non-hydrogen) atoms. The van der Waals surface area contributed by atoms with Crippen LogP contribution in [0, 0.1) is 5.82 Å². The number of aromatic nitrogens is 2. The standard InChI is InChI=1S/C14H12FN3O4/c1-3-16-12-9(15)8-17-13(18-12)22-14(19)21-11-7-5-4-6-10(11)20-2/h3-8H,1-2H3. The lowest BCUT2D eigenvalue weighted by Gasteiger charge is -2.08. The van der Waals surface area contributed by atoms with E-state index in [1.165, 1.54) is 19.4 Å². The molecule has 2 rings (SSSR count). The molecule has 0 saturated heterocycles. The summed E-state index contributed by atoms with van der Waals surface area (Å²) < 4.78 is 28.1. The van der Waals surface area contributed by atoms with Gasteiger partial charge >= 0.3 is 12.2 Å². The smallest absolute Gasteiger partial charge is 0.493 e. The maximum atomic E-state index is 13.3. The van der Waals surface area contributed by atoms with Crippen molar-refractivity contribution in [3.8, 4) is 17.5 Å². The second-order valence-corrected chi connectivity index (χ2v) is 3.82. The number of hydrogen-bond donors (Lipinski definition) is 0. The summed E-state index contributed by atoms with van der Waals surface area (Å²) in [6, 6.07) is 6.15. The third-order valence-corrected chi connectivity index (χ3v) is 2.39. The van der Waals surface area contributed by atoms with E-state index < -0.39 is 12.0 Å². The summed E-state index contributed by atoms with van der Waals surface area (Å²) in [6.07, 6.45) is 1.12. The Morgan fingerprint density at radius 2 is 2.00 bits per heavy atom. The summed E-state index contributed by atoms with van der Waals surface area (Å²) >= 11 is 0. The lowest BCUT2D eigenvalue weighted by Crippen LogP contribution is -2.15. The number of rotatable bonds is 4. The van der Waals surface area contributed by atoms with E-state index in [1.54, 1.807) is 25.1 Å². The maximum absolute atomic E-state index is 13.3. The van der Waals surface area contributed by atoms with Crippen LogP contribution >= 0.6 is 0 Å². The predicted molar refractivity (Wildman–Crippen MR) is 75.5 cm³/mol. The molecule has 2 aromatic rings. The molecule has 0 atom stereocenters. The first-order chi connectivity index (χ1) is 10.6. The second-order valence-electron chi connectivity index (χ2n) is 3.82. The molecular formula is C14H12FN3O4. The van der Waals surface area contributed by atoms with Crippen LogP contribution in [0.15, 0.2) is 35.5 Å². The topological polar surface area (TPSA) is 82.9 Å². The fraction of sp³-hybridized carbons (Fsp3) is 0.143. The van der Waals surface area contributed by atoms with Gasteiger partial charge in [-0.3, -0.25) is 0 Å². The SMILES string of the molecule is CC=Nc1nc(OC(=O)Oc2ccccc2OC)ncc1F. The van der Waals surface area contributed by atoms with Gasteiger partial charge in [0.1, 0.15) is 0 Å². The lowest BCUT2D eigenvalue weighted by molar-refractivity contribution is 0.146. The van der Waals surface area contributed by atoms with Crippen molar-refractivity contribution >= 4 is 18.2 Å². The molecule has 0 saturated carbocycles. The van der Waals surface area contributed by atoms with Crippen molar-refractivity contribution in [3.63, 3.8) is 0 Å². The highest BCUT2D eigenvalue weighted by atomic mass is 19.1. The molecule has 8 heteroatoms. The van der Waals surface area contributed by atoms with Gasteiger partial charge in [-0.15, -0.1) is 0 Å². The number of ether oxygens (including phenoxy) is 3. The Hall–Kier alpha value is -3.03. The van der Waals surface area contributed by atoms with E-state index in [-0.39, 0.29) is 17.6 Å². The van der Waals surface area contributed by atoms with Gasteiger partial charge in [0.15, 0.2) is 23.1 Å². The van der Waals surface area contributed by atoms with Gasteiger partial charge in [-0.1, -0.05) is 12.1 Å². The molecule has 0 aliphatic carbocycles. The monoisotopic (exact) mass is 305 g/mol. The number of hydrogen-bond acceptors (Lipinski definition) is 7. The normalized spacial score (nSPS) is 10.5. The molecule has 0 bridgehead atoms. The molecule has 114 valence electrons. The highest BCUT2D eigenvalue weighted by Crippen LogP contribution is 2.26. The van der Waals surface area contributed by atoms with Crippen LogP contribution in [0.3, 0.4) is 0 Å². The van der Waals surface area contributed by atoms with Crippen LogP contribution in [0.5, 0.6) is 17.5 Å². The van der Waals surface area contributed by atoms with E-state index in [1.807, 2.05) is 0 Å². The molecule has 7 nitrogen and oxygen atoms in total. The summed E-state index contributed by atoms with van der Waals surface area (Å²) in [4.78, 5) is 22.6. The first kappa shape index (κ1) is 15.4. The Balaban J connectivity index is 2.10. The number of aliphatic imine (C=N–C) groups is 1. The van der Waals surface area contributed by atoms with Crippen LogP contribution in [0.1, 0.15) is 6.92 Å². The number of methoxy groups -OCH3 is 1. The van der Waals surface area contributed by atoms with E-state index in [2.05, 4.69) is 15.0 Å². The molecule has 0 radical (unpaired) electrons. The molecule has 0 aliphatic rings. The van der Waals surface area contributed by atoms with Gasteiger partial charge in [0.25, 0.3) is 0 Å². The molecule has 0 fully saturated rings. The summed E-state index contributed by atoms with van der Waals surface area (Å²) in [6.45, 7) is 1.60. The quantitative estimate of drug-likeness (QED) is 0.490. The summed E-state index contributed by atoms with van der Waals surface area (Å²) in [7, 11) is 1.44. The van der Waals surface area contributed by atoms with Crippen LogP contribution in [0.4, 0.5) is 15.0 Å². The summed E-state index contributed by atoms with van der Waals surface area (Å²) in [5.41, 5.74) is 0. The van der Waals surface area contributed by atoms with Crippen LogP contribution in [0.25, 0.3) is 0 Å². The van der Waals surface area contributed by atoms with E-state index in [0.29, 0.717) is 5.75 Å². The number of carbonyl (C=O) groups excluding carboxylic acids is 1. The van der Waals surface area contributed by atoms with Crippen LogP contribution in [-0.4, -0.2) is 29.4 Å². The number of benzene rings is 1. The molecule has 0 aliphatic heterocycles. The van der Waals surface area contributed by atoms with E-state index in [4.69, 9.17) is 14.2 Å². The Morgan fingerprint density at radius 3 is 2.68 bits per heavy atom. The molecule has 0 amide bonds. The van der Waals surface area contributed by atoms with E-state index in [0.717, 1.165) is 6.20 Å². The second kappa shape index (κ2) is 7.11. The summed E-state index contributed by atoms with van der Waals surface area (Å²) in [5.74, 6) is -0.444. The molecule has 1 aromatic carbocycles. The van der Waals surface area contributed by atoms with Gasteiger partial charge in [-0.25, -0.2) is 19.2 Å². The number of nitrogens with zero attached hydrogens (tertiary/aromatic N) is 3. The number of para-hydroxylation sites is 2. The third kappa shape index (κ3) is 3.75. The van der Waals surface area contributed by atoms with Crippen LogP contribution in [0.2, 0.25) is 0 Å². The van der Waals surface area contributed by atoms with Gasteiger partial charge in [0.05, 0.1) is 13.3 Å². The Bertz CT molecular complexity index is 706. The largest absolute Gasteiger partial charge is 0.522 e. The molecule has 1 heterocycles. The average Bonchev–Trinajstić information content (AvgIpc) is 2.51. The van der Waals surface area contributed by atoms with Crippen molar-refractivity contribution in [2.45, 2.75) is 6.92 Å². The highest BCUT2D eigenvalue weighted by Gasteiger charge is 2.14. The minimum absolute atomic E-state index is 0.170. The molecule has 0 spiro atoms. The molecule has 0 N–H and O–H groups in total. The predicted octanol–water partition coefficient (Wildman–Crippen LogP) is 2.92. The number of carbonyl (C=O) groups is 1. The van der Waals surface area contributed by atoms with Gasteiger partial charge < -0.3 is 14.2 Å². The van der Waals surface area contributed by atoms with Crippen molar-refractivity contribution in [1.29, 1.82) is 0 Å². The first-order valence-corrected chi connectivity index (χ1v) is 6.18. The molecule has 1 aromatic heterocycles. The lowest BCUT2D eigenvalue weighted by atomic mass is 10.3. The van der Waals surface area contributed by atoms with Gasteiger partial charge in [0.2, 0.25) is 0 Å². The van der Waals surface area contributed by atoms with Crippen LogP contribution in [-0.2, 0) is 0 Å². The Labute approximate surface area is 125 Å². The molecule has 0 unspecified atom stereocenters. The highest BCUT2D eigenvalue weighted by molar-refractivity contribution is 5.67. The van der Waals surface area contributed by atoms with Gasteiger partial charge in [-0.2, -0.15) is 4.98 Å². The number of halogens is 1. The van der Waals surface area contributed by atoms with Gasteiger partial charge in [-0.05, 0) is 19.1 Å². The van der Waals surface area contributed by atoms with E-state index in [9.17, 15) is 9.18 Å². The van der Waals surface area contributed by atoms with Gasteiger partial charge in [0, 0.05) is 6.21 Å². The van der Waals surface area contributed by atoms with E-state index >= 15 is 0 Å². The minimum Gasteiger partial charge on any atom is -0.493 e. The van der Waals surface area contributed by atoms with Crippen molar-refractivity contribution in [3.05, 3.63) is 36.3 Å². The van der Waals surface area contributed by atoms with Crippen molar-refractivity contribution in [1.82, 2.24) is 9.97 Å². The first-order valence-electron chi connectivity index (χ1n) is 6.18. The fourth-order valence-electron chi connectivity index (χ4n) is 1.49. The zero-order chi connectivity index (χ0) is 15.9. The summed E-state index contributed by atoms with van der Waals surface area (Å²) in [5, 5.41) is 0. The average molecular weight is 305 g/mol. The molecular weight excluding hydrogens is 293 g/mol. The van der Waals surface area contributed by atoms with Crippen molar-refractivity contribution in [2.75, 3.05) is 7.11 Å². The van der Waals surface area contributed by atoms with Crippen LogP contribution < -0.4 is 14.2 Å². The Morgan fingerprint density at radius 1 is 1.27 bits per heavy atom. The fourth-order valence-corrected chi connectivity index (χ4v) is 1.49. The minimum atomic E-state index is -1.08. The maximum Gasteiger partial charge on any atom is 0.522 e.